The molecule has 0 spiro atoms. The SMILES string of the molecule is C(=Cc1ccccc1)CON(Cc1ccccc1)c1ccccc1. The fourth-order valence-electron chi connectivity index (χ4n) is 2.44. The molecule has 0 unspecified atom stereocenters. The van der Waals surface area contributed by atoms with Crippen LogP contribution in [0, 0.1) is 0 Å². The van der Waals surface area contributed by atoms with Crippen LogP contribution in [0.2, 0.25) is 0 Å². The number of rotatable bonds is 7. The lowest BCUT2D eigenvalue weighted by atomic mass is 10.2. The number of benzene rings is 3. The van der Waals surface area contributed by atoms with Crippen LogP contribution >= 0.6 is 0 Å². The quantitative estimate of drug-likeness (QED) is 0.546. The number of para-hydroxylation sites is 1. The minimum Gasteiger partial charge on any atom is -0.269 e. The lowest BCUT2D eigenvalue weighted by Crippen LogP contribution is -2.23. The second-order valence-electron chi connectivity index (χ2n) is 5.47. The van der Waals surface area contributed by atoms with Gasteiger partial charge in [0.2, 0.25) is 0 Å². The van der Waals surface area contributed by atoms with Crippen LogP contribution in [0.15, 0.2) is 97.1 Å². The van der Waals surface area contributed by atoms with Gasteiger partial charge in [-0.3, -0.25) is 4.84 Å². The Bertz CT molecular complexity index is 739. The average Bonchev–Trinajstić information content (AvgIpc) is 2.66. The molecule has 0 saturated carbocycles. The molecule has 0 aliphatic carbocycles. The van der Waals surface area contributed by atoms with Crippen LogP contribution in [0.4, 0.5) is 5.69 Å². The van der Waals surface area contributed by atoms with Crippen LogP contribution in [0.3, 0.4) is 0 Å². The third-order valence-electron chi connectivity index (χ3n) is 3.65. The van der Waals surface area contributed by atoms with Crippen molar-refractivity contribution in [2.45, 2.75) is 6.54 Å². The highest BCUT2D eigenvalue weighted by Gasteiger charge is 2.07. The molecule has 0 aliphatic heterocycles. The summed E-state index contributed by atoms with van der Waals surface area (Å²) in [5.41, 5.74) is 3.44. The van der Waals surface area contributed by atoms with E-state index in [1.807, 2.05) is 65.7 Å². The van der Waals surface area contributed by atoms with E-state index in [0.29, 0.717) is 13.2 Å². The van der Waals surface area contributed by atoms with E-state index in [-0.39, 0.29) is 0 Å². The van der Waals surface area contributed by atoms with E-state index in [4.69, 9.17) is 4.84 Å². The fourth-order valence-corrected chi connectivity index (χ4v) is 2.44. The van der Waals surface area contributed by atoms with Gasteiger partial charge in [0.1, 0.15) is 0 Å². The average molecular weight is 315 g/mol. The zero-order chi connectivity index (χ0) is 16.5. The standard InChI is InChI=1S/C22H21NO/c1-4-11-20(12-5-1)15-10-18-24-23(22-16-8-3-9-17-22)19-21-13-6-2-7-14-21/h1-17H,18-19H2. The van der Waals surface area contributed by atoms with Crippen molar-refractivity contribution in [1.29, 1.82) is 0 Å². The van der Waals surface area contributed by atoms with E-state index in [9.17, 15) is 0 Å². The van der Waals surface area contributed by atoms with Gasteiger partial charge in [0.25, 0.3) is 0 Å². The number of hydrogen-bond donors (Lipinski definition) is 0. The second kappa shape index (κ2) is 8.70. The van der Waals surface area contributed by atoms with Crippen molar-refractivity contribution in [2.75, 3.05) is 11.7 Å². The Morgan fingerprint density at radius 2 is 1.29 bits per heavy atom. The molecule has 0 N–H and O–H groups in total. The van der Waals surface area contributed by atoms with E-state index in [1.165, 1.54) is 11.1 Å². The largest absolute Gasteiger partial charge is 0.269 e. The maximum absolute atomic E-state index is 6.00. The van der Waals surface area contributed by atoms with Crippen LogP contribution in [-0.4, -0.2) is 6.61 Å². The van der Waals surface area contributed by atoms with Crippen molar-refractivity contribution in [3.63, 3.8) is 0 Å². The number of nitrogens with zero attached hydrogens (tertiary/aromatic N) is 1. The van der Waals surface area contributed by atoms with Crippen LogP contribution in [-0.2, 0) is 11.4 Å². The van der Waals surface area contributed by atoms with Crippen molar-refractivity contribution in [3.8, 4) is 0 Å². The molecular formula is C22H21NO. The maximum Gasteiger partial charge on any atom is 0.0933 e. The highest BCUT2D eigenvalue weighted by atomic mass is 16.7. The Balaban J connectivity index is 1.65. The molecule has 0 amide bonds. The molecule has 3 aromatic rings. The fraction of sp³-hybridized carbons (Fsp3) is 0.0909. The molecule has 2 heteroatoms. The summed E-state index contributed by atoms with van der Waals surface area (Å²) >= 11 is 0. The summed E-state index contributed by atoms with van der Waals surface area (Å²) < 4.78 is 0. The third kappa shape index (κ3) is 4.83. The van der Waals surface area contributed by atoms with Gasteiger partial charge in [-0.15, -0.1) is 0 Å². The van der Waals surface area contributed by atoms with Gasteiger partial charge < -0.3 is 0 Å². The van der Waals surface area contributed by atoms with Crippen LogP contribution < -0.4 is 5.06 Å². The monoisotopic (exact) mass is 315 g/mol. The van der Waals surface area contributed by atoms with Crippen LogP contribution in [0.5, 0.6) is 0 Å². The Kier molecular flexibility index (Phi) is 5.81. The third-order valence-corrected chi connectivity index (χ3v) is 3.65. The summed E-state index contributed by atoms with van der Waals surface area (Å²) in [4.78, 5) is 6.00. The van der Waals surface area contributed by atoms with Gasteiger partial charge in [0.05, 0.1) is 18.8 Å². The topological polar surface area (TPSA) is 12.5 Å². The molecule has 0 fully saturated rings. The Morgan fingerprint density at radius 3 is 1.96 bits per heavy atom. The summed E-state index contributed by atoms with van der Waals surface area (Å²) in [6, 6.07) is 30.8. The van der Waals surface area contributed by atoms with E-state index in [0.717, 1.165) is 5.69 Å². The molecule has 24 heavy (non-hydrogen) atoms. The predicted octanol–water partition coefficient (Wildman–Crippen LogP) is 5.34. The van der Waals surface area contributed by atoms with Gasteiger partial charge in [-0.1, -0.05) is 91.0 Å². The number of hydroxylamine groups is 1. The van der Waals surface area contributed by atoms with Crippen molar-refractivity contribution >= 4 is 11.8 Å². The smallest absolute Gasteiger partial charge is 0.0933 e. The first-order valence-electron chi connectivity index (χ1n) is 8.13. The summed E-state index contributed by atoms with van der Waals surface area (Å²) in [5.74, 6) is 0. The highest BCUT2D eigenvalue weighted by molar-refractivity contribution is 5.49. The van der Waals surface area contributed by atoms with Crippen LogP contribution in [0.25, 0.3) is 6.08 Å². The van der Waals surface area contributed by atoms with Crippen molar-refractivity contribution in [2.24, 2.45) is 0 Å². The van der Waals surface area contributed by atoms with Crippen molar-refractivity contribution in [3.05, 3.63) is 108 Å². The highest BCUT2D eigenvalue weighted by Crippen LogP contribution is 2.17. The molecule has 2 nitrogen and oxygen atoms in total. The molecule has 0 aromatic heterocycles. The minimum absolute atomic E-state index is 0.524. The predicted molar refractivity (Wildman–Crippen MR) is 100 cm³/mol. The van der Waals surface area contributed by atoms with Crippen molar-refractivity contribution < 1.29 is 4.84 Å². The van der Waals surface area contributed by atoms with E-state index in [1.54, 1.807) is 0 Å². The zero-order valence-corrected chi connectivity index (χ0v) is 13.6. The molecule has 0 saturated heterocycles. The minimum atomic E-state index is 0.524. The summed E-state index contributed by atoms with van der Waals surface area (Å²) in [5, 5.41) is 1.94. The first-order chi connectivity index (χ1) is 11.9. The molecule has 0 bridgehead atoms. The van der Waals surface area contributed by atoms with Gasteiger partial charge in [-0.2, -0.15) is 0 Å². The maximum atomic E-state index is 6.00. The lowest BCUT2D eigenvalue weighted by molar-refractivity contribution is 0.130. The first kappa shape index (κ1) is 16.0. The van der Waals surface area contributed by atoms with E-state index < -0.39 is 0 Å². The van der Waals surface area contributed by atoms with E-state index >= 15 is 0 Å². The molecule has 0 radical (unpaired) electrons. The molecule has 3 rings (SSSR count). The van der Waals surface area contributed by atoms with Gasteiger partial charge in [0.15, 0.2) is 0 Å². The summed E-state index contributed by atoms with van der Waals surface area (Å²) in [6.07, 6.45) is 4.11. The molecular weight excluding hydrogens is 294 g/mol. The summed E-state index contributed by atoms with van der Waals surface area (Å²) in [7, 11) is 0. The van der Waals surface area contributed by atoms with Gasteiger partial charge in [-0.05, 0) is 23.3 Å². The summed E-state index contributed by atoms with van der Waals surface area (Å²) in [6.45, 7) is 1.24. The Hall–Kier alpha value is -2.84. The molecule has 0 aliphatic rings. The van der Waals surface area contributed by atoms with Crippen molar-refractivity contribution in [1.82, 2.24) is 0 Å². The Labute approximate surface area is 143 Å². The molecule has 0 atom stereocenters. The van der Waals surface area contributed by atoms with Crippen LogP contribution in [0.1, 0.15) is 11.1 Å². The van der Waals surface area contributed by atoms with Gasteiger partial charge in [-0.25, -0.2) is 5.06 Å². The second-order valence-corrected chi connectivity index (χ2v) is 5.47. The molecule has 0 heterocycles. The normalized spacial score (nSPS) is 10.8. The number of hydrogen-bond acceptors (Lipinski definition) is 2. The number of anilines is 1. The van der Waals surface area contributed by atoms with Gasteiger partial charge in [0, 0.05) is 0 Å². The lowest BCUT2D eigenvalue weighted by Gasteiger charge is -2.23. The molecule has 120 valence electrons. The van der Waals surface area contributed by atoms with E-state index in [2.05, 4.69) is 42.5 Å². The Morgan fingerprint density at radius 1 is 0.708 bits per heavy atom. The zero-order valence-electron chi connectivity index (χ0n) is 13.6. The van der Waals surface area contributed by atoms with Gasteiger partial charge >= 0.3 is 0 Å². The first-order valence-corrected chi connectivity index (χ1v) is 8.13. The molecule has 3 aromatic carbocycles.